The lowest BCUT2D eigenvalue weighted by Gasteiger charge is -2.29. The van der Waals surface area contributed by atoms with Gasteiger partial charge in [-0.1, -0.05) is 185 Å². The van der Waals surface area contributed by atoms with E-state index in [1.54, 1.807) is 34.1 Å². The zero-order valence-corrected chi connectivity index (χ0v) is 41.5. The number of para-hydroxylation sites is 4. The monoisotopic (exact) mass is 995 g/mol. The van der Waals surface area contributed by atoms with E-state index < -0.39 is 121 Å². The zero-order valence-electron chi connectivity index (χ0n) is 61.5. The van der Waals surface area contributed by atoms with Crippen molar-refractivity contribution in [1.29, 1.82) is 0 Å². The molecule has 4 heteroatoms. The Morgan fingerprint density at radius 2 is 0.711 bits per heavy atom. The van der Waals surface area contributed by atoms with Gasteiger partial charge >= 0.3 is 0 Å². The maximum Gasteiger partial charge on any atom is 0.0645 e. The van der Waals surface area contributed by atoms with Crippen LogP contribution in [0, 0.1) is 0 Å². The summed E-state index contributed by atoms with van der Waals surface area (Å²) < 4.78 is 186. The van der Waals surface area contributed by atoms with Gasteiger partial charge in [0, 0.05) is 65.6 Å². The summed E-state index contributed by atoms with van der Waals surface area (Å²) in [4.78, 5) is 3.13. The fourth-order valence-electron chi connectivity index (χ4n) is 11.7. The number of hydrogen-bond acceptors (Lipinski definition) is 2. The Labute approximate surface area is 470 Å². The summed E-state index contributed by atoms with van der Waals surface area (Å²) in [7, 11) is 0. The second-order valence-electron chi connectivity index (χ2n) is 19.8. The number of nitrogens with zero attached hydrogens (tertiary/aromatic N) is 4. The van der Waals surface area contributed by atoms with E-state index in [-0.39, 0.29) is 56.8 Å². The van der Waals surface area contributed by atoms with Gasteiger partial charge in [-0.05, 0) is 119 Å². The number of fused-ring (bicyclic) bond motifs is 12. The lowest BCUT2D eigenvalue weighted by Crippen LogP contribution is -2.12. The van der Waals surface area contributed by atoms with Crippen LogP contribution >= 0.6 is 0 Å². The molecule has 0 amide bonds. The molecule has 0 aliphatic rings. The Kier molecular flexibility index (Phi) is 6.37. The van der Waals surface area contributed by atoms with Crippen molar-refractivity contribution < 1.29 is 27.4 Å². The predicted molar refractivity (Wildman–Crippen MR) is 324 cm³/mol. The molecule has 4 nitrogen and oxygen atoms in total. The van der Waals surface area contributed by atoms with Crippen LogP contribution in [0.2, 0.25) is 0 Å². The standard InChI is InChI=1S/C72H54N4/c1-45(2)49-33-37-63(57(41-49)47-21-9-5-10-22-47)73(51-25-13-7-14-26-51)65-39-35-53-59-43-68-60(44-67(59)75-61-31-19-17-29-55(61)69(65)71(53)75)54-36-40-66(70-56-30-18-20-32-62(56)76(68)72(54)70)74(52-27-15-8-16-28-52)64-38-34-50(46(3)4)42-58(64)48-23-11-6-12-24-48/h5-46H,1-4H3/i5D,6D,7D,8D,9D,10D,11D,12D,13D,14D,15D,16D,21D,22D,23D,24D,25D,26D,27D,28D. The third kappa shape index (κ3) is 6.50. The quantitative estimate of drug-likeness (QED) is 0.136. The molecule has 4 aromatic heterocycles. The predicted octanol–water partition coefficient (Wildman–Crippen LogP) is 20.5. The average molecular weight is 995 g/mol. The van der Waals surface area contributed by atoms with E-state index in [1.807, 2.05) is 113 Å². The van der Waals surface area contributed by atoms with Crippen LogP contribution in [0.3, 0.4) is 0 Å². The molecule has 0 radical (unpaired) electrons. The Morgan fingerprint density at radius 3 is 1.11 bits per heavy atom. The molecule has 15 aromatic rings. The maximum absolute atomic E-state index is 9.61. The number of hydrogen-bond donors (Lipinski definition) is 0. The SMILES string of the molecule is [2H]c1c([2H])c([2H])c(-c2cc(C(C)C)ccc2N(c2c([2H])c([2H])c([2H])c([2H])c2[2H])c2ccc3c4cc5c(cc4n4c6ccccc6c2c34)c2ccc(N(c3ccc(C(C)C)cc3-c3c([2H])c([2H])c([2H])c([2H])c3[2H])c3c([2H])c([2H])c([2H])c([2H])c3[2H])c3c4ccccc4n5c23)c([2H])c1[2H]. The van der Waals surface area contributed by atoms with Crippen molar-refractivity contribution in [2.75, 3.05) is 9.80 Å². The lowest BCUT2D eigenvalue weighted by atomic mass is 9.94. The first kappa shape index (κ1) is 28.3. The van der Waals surface area contributed by atoms with Gasteiger partial charge in [0.2, 0.25) is 0 Å². The highest BCUT2D eigenvalue weighted by molar-refractivity contribution is 6.32. The molecule has 0 N–H and O–H groups in total. The Hall–Kier alpha value is -9.38. The van der Waals surface area contributed by atoms with Crippen LogP contribution in [0.4, 0.5) is 34.1 Å². The van der Waals surface area contributed by atoms with Crippen molar-refractivity contribution in [2.45, 2.75) is 39.5 Å². The minimum absolute atomic E-state index is 0.120. The number of benzene rings is 11. The van der Waals surface area contributed by atoms with Gasteiger partial charge in [0.15, 0.2) is 0 Å². The summed E-state index contributed by atoms with van der Waals surface area (Å²) >= 11 is 0. The number of rotatable bonds is 10. The van der Waals surface area contributed by atoms with E-state index in [0.29, 0.717) is 33.2 Å². The van der Waals surface area contributed by atoms with E-state index in [4.69, 9.17) is 16.4 Å². The fraction of sp³-hybridized carbons (Fsp3) is 0.0833. The first-order chi connectivity index (χ1) is 45.7. The van der Waals surface area contributed by atoms with Crippen LogP contribution in [0.5, 0.6) is 0 Å². The van der Waals surface area contributed by atoms with Crippen LogP contribution in [-0.4, -0.2) is 8.80 Å². The van der Waals surface area contributed by atoms with E-state index in [9.17, 15) is 11.0 Å². The molecule has 15 rings (SSSR count). The molecular formula is C72H54N4. The highest BCUT2D eigenvalue weighted by atomic mass is 15.2. The van der Waals surface area contributed by atoms with Crippen LogP contribution < -0.4 is 9.80 Å². The normalized spacial score (nSPS) is 15.9. The maximum atomic E-state index is 9.61. The summed E-state index contributed by atoms with van der Waals surface area (Å²) in [5.41, 5.74) is 6.60. The first-order valence-electron chi connectivity index (χ1n) is 35.2. The van der Waals surface area contributed by atoms with Crippen molar-refractivity contribution in [2.24, 2.45) is 0 Å². The van der Waals surface area contributed by atoms with Crippen molar-refractivity contribution >= 4 is 110 Å². The summed E-state index contributed by atoms with van der Waals surface area (Å²) in [5.74, 6) is -0.241. The number of aromatic nitrogens is 2. The fourth-order valence-corrected chi connectivity index (χ4v) is 11.7. The molecule has 0 spiro atoms. The molecule has 0 atom stereocenters. The molecule has 0 aliphatic heterocycles. The van der Waals surface area contributed by atoms with Crippen LogP contribution in [0.15, 0.2) is 242 Å². The molecule has 0 unspecified atom stereocenters. The molecule has 0 saturated carbocycles. The topological polar surface area (TPSA) is 15.3 Å². The minimum atomic E-state index is -0.622. The van der Waals surface area contributed by atoms with E-state index in [0.717, 1.165) is 65.5 Å². The molecular weight excluding hydrogens is 921 g/mol. The van der Waals surface area contributed by atoms with E-state index in [1.165, 1.54) is 0 Å². The van der Waals surface area contributed by atoms with Crippen LogP contribution in [0.1, 0.15) is 78.1 Å². The molecule has 362 valence electrons. The Bertz CT molecular complexity index is 5480. The van der Waals surface area contributed by atoms with Gasteiger partial charge in [-0.25, -0.2) is 0 Å². The summed E-state index contributed by atoms with van der Waals surface area (Å²) in [5, 5.41) is 5.81. The Balaban J connectivity index is 1.05. The smallest absolute Gasteiger partial charge is 0.0645 e. The summed E-state index contributed by atoms with van der Waals surface area (Å²) in [6.45, 7) is 7.81. The van der Waals surface area contributed by atoms with Gasteiger partial charge in [0.05, 0.1) is 83.3 Å². The lowest BCUT2D eigenvalue weighted by molar-refractivity contribution is 0.867. The van der Waals surface area contributed by atoms with Gasteiger partial charge in [0.1, 0.15) is 0 Å². The molecule has 0 saturated heterocycles. The largest absolute Gasteiger partial charge is 0.309 e. The van der Waals surface area contributed by atoms with E-state index in [2.05, 4.69) is 20.9 Å². The van der Waals surface area contributed by atoms with Crippen molar-refractivity contribution in [3.05, 3.63) is 253 Å². The molecule has 76 heavy (non-hydrogen) atoms. The molecule has 0 bridgehead atoms. The minimum Gasteiger partial charge on any atom is -0.309 e. The number of anilines is 6. The van der Waals surface area contributed by atoms with Gasteiger partial charge in [-0.15, -0.1) is 0 Å². The summed E-state index contributed by atoms with van der Waals surface area (Å²) in [6, 6.07) is 26.3. The first-order valence-corrected chi connectivity index (χ1v) is 25.2. The third-order valence-corrected chi connectivity index (χ3v) is 15.1. The molecule has 0 fully saturated rings. The van der Waals surface area contributed by atoms with Crippen LogP contribution in [0.25, 0.3) is 98.4 Å². The Morgan fingerprint density at radius 1 is 0.342 bits per heavy atom. The van der Waals surface area contributed by atoms with Crippen molar-refractivity contribution in [1.82, 2.24) is 8.80 Å². The zero-order chi connectivity index (χ0) is 68.2. The van der Waals surface area contributed by atoms with E-state index >= 15 is 0 Å². The molecule has 4 heterocycles. The van der Waals surface area contributed by atoms with Crippen LogP contribution in [-0.2, 0) is 0 Å². The van der Waals surface area contributed by atoms with Gasteiger partial charge in [-0.2, -0.15) is 0 Å². The molecule has 11 aromatic carbocycles. The van der Waals surface area contributed by atoms with Gasteiger partial charge < -0.3 is 18.6 Å². The summed E-state index contributed by atoms with van der Waals surface area (Å²) in [6.07, 6.45) is 0. The van der Waals surface area contributed by atoms with Gasteiger partial charge in [-0.3, -0.25) is 0 Å². The highest BCUT2D eigenvalue weighted by Crippen LogP contribution is 2.53. The second-order valence-corrected chi connectivity index (χ2v) is 19.8. The van der Waals surface area contributed by atoms with Gasteiger partial charge in [0.25, 0.3) is 0 Å². The third-order valence-electron chi connectivity index (χ3n) is 15.1. The van der Waals surface area contributed by atoms with Crippen molar-refractivity contribution in [3.63, 3.8) is 0 Å². The molecule has 0 aliphatic carbocycles. The van der Waals surface area contributed by atoms with Crippen molar-refractivity contribution in [3.8, 4) is 22.3 Å². The average Bonchev–Trinajstić information content (AvgIpc) is 1.52. The second kappa shape index (κ2) is 17.1. The highest BCUT2D eigenvalue weighted by Gasteiger charge is 2.29.